The van der Waals surface area contributed by atoms with Crippen LogP contribution in [0.5, 0.6) is 5.75 Å². The quantitative estimate of drug-likeness (QED) is 0.590. The summed E-state index contributed by atoms with van der Waals surface area (Å²) in [4.78, 5) is 0. The Kier molecular flexibility index (Phi) is 4.60. The molecular weight excluding hydrogens is 192 g/mol. The van der Waals surface area contributed by atoms with E-state index in [2.05, 4.69) is 38.6 Å². The second-order valence-corrected chi connectivity index (χ2v) is 3.60. The van der Waals surface area contributed by atoms with Gasteiger partial charge < -0.3 is 4.74 Å². The van der Waals surface area contributed by atoms with E-state index in [1.54, 1.807) is 0 Å². The summed E-state index contributed by atoms with van der Waals surface area (Å²) in [7, 11) is 0. The molecule has 0 N–H and O–H groups in total. The lowest BCUT2D eigenvalue weighted by atomic mass is 10.1. The fourth-order valence-electron chi connectivity index (χ4n) is 1.24. The van der Waals surface area contributed by atoms with Gasteiger partial charge in [0.15, 0.2) is 0 Å². The zero-order valence-electron chi connectivity index (χ0n) is 8.66. The van der Waals surface area contributed by atoms with Gasteiger partial charge in [0.2, 0.25) is 0 Å². The minimum Gasteiger partial charge on any atom is -0.489 e. The molecule has 76 valence electrons. The summed E-state index contributed by atoms with van der Waals surface area (Å²) in [5.41, 5.74) is 2.45. The van der Waals surface area contributed by atoms with Crippen molar-refractivity contribution in [2.45, 2.75) is 13.8 Å². The fraction of sp³-hybridized carbons (Fsp3) is 0.333. The van der Waals surface area contributed by atoms with Crippen LogP contribution in [0, 0.1) is 13.8 Å². The number of hydrogen-bond acceptors (Lipinski definition) is 2. The molecule has 0 aliphatic heterocycles. The Bertz CT molecular complexity index is 318. The van der Waals surface area contributed by atoms with Gasteiger partial charge >= 0.3 is 0 Å². The van der Waals surface area contributed by atoms with Crippen molar-refractivity contribution in [3.8, 4) is 5.75 Å². The Labute approximate surface area is 91.2 Å². The van der Waals surface area contributed by atoms with E-state index in [0.717, 1.165) is 11.5 Å². The molecule has 0 aliphatic carbocycles. The standard InChI is InChI=1S/C12H16OS/c1-10-5-6-12(11(2)9-10)13-7-3-4-8-14/h3-6,9,14H,7-8H2,1-2H3. The van der Waals surface area contributed by atoms with Crippen molar-refractivity contribution in [2.24, 2.45) is 0 Å². The van der Waals surface area contributed by atoms with E-state index in [1.807, 2.05) is 18.2 Å². The van der Waals surface area contributed by atoms with Gasteiger partial charge in [-0.2, -0.15) is 12.6 Å². The summed E-state index contributed by atoms with van der Waals surface area (Å²) in [5, 5.41) is 0. The molecule has 1 aromatic carbocycles. The summed E-state index contributed by atoms with van der Waals surface area (Å²) < 4.78 is 5.57. The summed E-state index contributed by atoms with van der Waals surface area (Å²) in [6.45, 7) is 4.76. The van der Waals surface area contributed by atoms with E-state index in [1.165, 1.54) is 11.1 Å². The monoisotopic (exact) mass is 208 g/mol. The Morgan fingerprint density at radius 3 is 2.71 bits per heavy atom. The largest absolute Gasteiger partial charge is 0.489 e. The van der Waals surface area contributed by atoms with E-state index in [9.17, 15) is 0 Å². The van der Waals surface area contributed by atoms with E-state index < -0.39 is 0 Å². The Morgan fingerprint density at radius 2 is 2.07 bits per heavy atom. The summed E-state index contributed by atoms with van der Waals surface area (Å²) in [5.74, 6) is 1.72. The van der Waals surface area contributed by atoms with Crippen LogP contribution >= 0.6 is 12.6 Å². The highest BCUT2D eigenvalue weighted by atomic mass is 32.1. The van der Waals surface area contributed by atoms with E-state index in [4.69, 9.17) is 4.74 Å². The molecule has 0 amide bonds. The second-order valence-electron chi connectivity index (χ2n) is 3.23. The van der Waals surface area contributed by atoms with Crippen molar-refractivity contribution >= 4 is 12.6 Å². The van der Waals surface area contributed by atoms with Crippen LogP contribution in [0.3, 0.4) is 0 Å². The summed E-state index contributed by atoms with van der Waals surface area (Å²) >= 11 is 4.07. The first-order valence-electron chi connectivity index (χ1n) is 4.70. The summed E-state index contributed by atoms with van der Waals surface area (Å²) in [6.07, 6.45) is 3.96. The lowest BCUT2D eigenvalue weighted by Crippen LogP contribution is -1.95. The molecule has 0 unspecified atom stereocenters. The Hall–Kier alpha value is -0.890. The van der Waals surface area contributed by atoms with Gasteiger partial charge in [-0.15, -0.1) is 0 Å². The maximum absolute atomic E-state index is 5.57. The molecule has 0 aliphatic rings. The molecule has 14 heavy (non-hydrogen) atoms. The van der Waals surface area contributed by atoms with Gasteiger partial charge in [0.25, 0.3) is 0 Å². The highest BCUT2D eigenvalue weighted by molar-refractivity contribution is 7.80. The molecule has 0 radical (unpaired) electrons. The Balaban J connectivity index is 2.55. The van der Waals surface area contributed by atoms with Crippen molar-refractivity contribution in [1.82, 2.24) is 0 Å². The number of ether oxygens (including phenoxy) is 1. The van der Waals surface area contributed by atoms with Gasteiger partial charge in [-0.05, 0) is 25.5 Å². The third-order valence-electron chi connectivity index (χ3n) is 1.94. The average Bonchev–Trinajstić information content (AvgIpc) is 2.15. The van der Waals surface area contributed by atoms with Gasteiger partial charge in [0, 0.05) is 5.75 Å². The zero-order chi connectivity index (χ0) is 10.4. The topological polar surface area (TPSA) is 9.23 Å². The molecule has 0 saturated heterocycles. The molecule has 0 atom stereocenters. The van der Waals surface area contributed by atoms with Crippen molar-refractivity contribution in [3.05, 3.63) is 41.5 Å². The number of benzene rings is 1. The maximum atomic E-state index is 5.57. The summed E-state index contributed by atoms with van der Waals surface area (Å²) in [6, 6.07) is 6.20. The minimum atomic E-state index is 0.616. The van der Waals surface area contributed by atoms with Crippen LogP contribution in [0.4, 0.5) is 0 Å². The third kappa shape index (κ3) is 3.46. The minimum absolute atomic E-state index is 0.616. The van der Waals surface area contributed by atoms with E-state index in [-0.39, 0.29) is 0 Å². The van der Waals surface area contributed by atoms with Gasteiger partial charge in [-0.25, -0.2) is 0 Å². The van der Waals surface area contributed by atoms with Crippen LogP contribution < -0.4 is 4.74 Å². The Morgan fingerprint density at radius 1 is 1.29 bits per heavy atom. The van der Waals surface area contributed by atoms with Crippen LogP contribution in [-0.4, -0.2) is 12.4 Å². The first kappa shape index (κ1) is 11.2. The maximum Gasteiger partial charge on any atom is 0.122 e. The fourth-order valence-corrected chi connectivity index (χ4v) is 1.39. The van der Waals surface area contributed by atoms with Crippen LogP contribution in [0.2, 0.25) is 0 Å². The molecule has 0 aromatic heterocycles. The van der Waals surface area contributed by atoms with Gasteiger partial charge in [0.05, 0.1) is 0 Å². The number of aryl methyl sites for hydroxylation is 2. The van der Waals surface area contributed by atoms with Gasteiger partial charge in [0.1, 0.15) is 12.4 Å². The first-order chi connectivity index (χ1) is 6.74. The molecule has 1 rings (SSSR count). The first-order valence-corrected chi connectivity index (χ1v) is 5.33. The van der Waals surface area contributed by atoms with Crippen molar-refractivity contribution in [2.75, 3.05) is 12.4 Å². The molecule has 1 aromatic rings. The normalized spacial score (nSPS) is 10.8. The number of hydrogen-bond donors (Lipinski definition) is 1. The van der Waals surface area contributed by atoms with Crippen molar-refractivity contribution in [3.63, 3.8) is 0 Å². The molecule has 0 heterocycles. The van der Waals surface area contributed by atoms with Crippen molar-refractivity contribution in [1.29, 1.82) is 0 Å². The molecule has 2 heteroatoms. The SMILES string of the molecule is Cc1ccc(OCC=CCS)c(C)c1. The highest BCUT2D eigenvalue weighted by Gasteiger charge is 1.97. The van der Waals surface area contributed by atoms with Gasteiger partial charge in [-0.3, -0.25) is 0 Å². The molecule has 0 fully saturated rings. The molecule has 0 saturated carbocycles. The lowest BCUT2D eigenvalue weighted by molar-refractivity contribution is 0.360. The van der Waals surface area contributed by atoms with Crippen LogP contribution in [0.25, 0.3) is 0 Å². The van der Waals surface area contributed by atoms with Crippen LogP contribution in [0.1, 0.15) is 11.1 Å². The smallest absolute Gasteiger partial charge is 0.122 e. The highest BCUT2D eigenvalue weighted by Crippen LogP contribution is 2.18. The number of rotatable bonds is 4. The van der Waals surface area contributed by atoms with E-state index in [0.29, 0.717) is 6.61 Å². The molecule has 0 bridgehead atoms. The zero-order valence-corrected chi connectivity index (χ0v) is 9.55. The van der Waals surface area contributed by atoms with Crippen LogP contribution in [-0.2, 0) is 0 Å². The molecule has 1 nitrogen and oxygen atoms in total. The van der Waals surface area contributed by atoms with E-state index >= 15 is 0 Å². The third-order valence-corrected chi connectivity index (χ3v) is 2.15. The van der Waals surface area contributed by atoms with Crippen molar-refractivity contribution < 1.29 is 4.74 Å². The average molecular weight is 208 g/mol. The molecule has 0 spiro atoms. The predicted octanol–water partition coefficient (Wildman–Crippen LogP) is 3.17. The lowest BCUT2D eigenvalue weighted by Gasteiger charge is -2.07. The second kappa shape index (κ2) is 5.76. The predicted molar refractivity (Wildman–Crippen MR) is 64.4 cm³/mol. The van der Waals surface area contributed by atoms with Crippen LogP contribution in [0.15, 0.2) is 30.4 Å². The van der Waals surface area contributed by atoms with Gasteiger partial charge in [-0.1, -0.05) is 29.8 Å². The number of thiol groups is 1. The molecular formula is C12H16OS.